The Kier molecular flexibility index (Phi) is 8.33. The standard InChI is InChI=1S/C23H39N5O/c1-5-24-23(25-9-12-27-11-6-10-26(4)13-14-27)28-15-16-29-22(18-28)21-8-7-19(2)17-20(21)3/h7-8,17,22H,5-6,9-16,18H2,1-4H3,(H,24,25). The van der Waals surface area contributed by atoms with Crippen molar-refractivity contribution < 1.29 is 4.74 Å². The monoisotopic (exact) mass is 401 g/mol. The van der Waals surface area contributed by atoms with E-state index >= 15 is 0 Å². The minimum atomic E-state index is 0.106. The highest BCUT2D eigenvalue weighted by atomic mass is 16.5. The molecule has 1 atom stereocenters. The van der Waals surface area contributed by atoms with Crippen LogP contribution in [-0.4, -0.2) is 93.2 Å². The van der Waals surface area contributed by atoms with Gasteiger partial charge in [0.1, 0.15) is 6.10 Å². The first-order chi connectivity index (χ1) is 14.1. The fraction of sp³-hybridized carbons (Fsp3) is 0.696. The molecule has 1 aromatic rings. The molecular formula is C23H39N5O. The van der Waals surface area contributed by atoms with E-state index in [4.69, 9.17) is 9.73 Å². The summed E-state index contributed by atoms with van der Waals surface area (Å²) in [4.78, 5) is 12.3. The zero-order valence-electron chi connectivity index (χ0n) is 18.8. The summed E-state index contributed by atoms with van der Waals surface area (Å²) in [5, 5.41) is 3.50. The average Bonchev–Trinajstić information content (AvgIpc) is 2.91. The minimum absolute atomic E-state index is 0.106. The van der Waals surface area contributed by atoms with E-state index in [0.29, 0.717) is 0 Å². The quantitative estimate of drug-likeness (QED) is 0.606. The van der Waals surface area contributed by atoms with Crippen molar-refractivity contribution in [2.45, 2.75) is 33.3 Å². The van der Waals surface area contributed by atoms with Gasteiger partial charge >= 0.3 is 0 Å². The lowest BCUT2D eigenvalue weighted by Gasteiger charge is -2.36. The lowest BCUT2D eigenvalue weighted by atomic mass is 10.00. The molecular weight excluding hydrogens is 362 g/mol. The van der Waals surface area contributed by atoms with Gasteiger partial charge in [-0.2, -0.15) is 0 Å². The van der Waals surface area contributed by atoms with E-state index in [-0.39, 0.29) is 6.10 Å². The fourth-order valence-electron chi connectivity index (χ4n) is 4.26. The third-order valence-corrected chi connectivity index (χ3v) is 5.96. The number of hydrogen-bond donors (Lipinski definition) is 1. The molecule has 2 aliphatic rings. The number of morpholine rings is 1. The van der Waals surface area contributed by atoms with E-state index in [1.165, 1.54) is 36.2 Å². The summed E-state index contributed by atoms with van der Waals surface area (Å²) in [6.07, 6.45) is 1.36. The Bertz CT molecular complexity index is 677. The van der Waals surface area contributed by atoms with Gasteiger partial charge in [-0.05, 0) is 58.5 Å². The fourth-order valence-corrected chi connectivity index (χ4v) is 4.26. The van der Waals surface area contributed by atoms with Gasteiger partial charge in [-0.15, -0.1) is 0 Å². The molecule has 0 aliphatic carbocycles. The molecule has 29 heavy (non-hydrogen) atoms. The van der Waals surface area contributed by atoms with Crippen molar-refractivity contribution in [2.24, 2.45) is 4.99 Å². The normalized spacial score (nSPS) is 22.6. The van der Waals surface area contributed by atoms with E-state index in [2.05, 4.69) is 66.0 Å². The van der Waals surface area contributed by atoms with Gasteiger partial charge in [0.15, 0.2) is 5.96 Å². The molecule has 0 amide bonds. The Morgan fingerprint density at radius 3 is 2.83 bits per heavy atom. The molecule has 2 fully saturated rings. The summed E-state index contributed by atoms with van der Waals surface area (Å²) in [6, 6.07) is 6.65. The highest BCUT2D eigenvalue weighted by Gasteiger charge is 2.25. The van der Waals surface area contributed by atoms with Gasteiger partial charge in [0.05, 0.1) is 19.7 Å². The summed E-state index contributed by atoms with van der Waals surface area (Å²) in [5.74, 6) is 1.03. The van der Waals surface area contributed by atoms with E-state index in [1.807, 2.05) is 0 Å². The van der Waals surface area contributed by atoms with Crippen molar-refractivity contribution in [2.75, 3.05) is 72.6 Å². The molecule has 0 radical (unpaired) electrons. The number of rotatable bonds is 5. The smallest absolute Gasteiger partial charge is 0.194 e. The number of likely N-dealkylation sites (N-methyl/N-ethyl adjacent to an activating group) is 1. The van der Waals surface area contributed by atoms with E-state index < -0.39 is 0 Å². The molecule has 6 heteroatoms. The van der Waals surface area contributed by atoms with Crippen LogP contribution >= 0.6 is 0 Å². The Morgan fingerprint density at radius 2 is 2.03 bits per heavy atom. The van der Waals surface area contributed by atoms with Crippen molar-refractivity contribution in [1.29, 1.82) is 0 Å². The Hall–Kier alpha value is -1.63. The zero-order chi connectivity index (χ0) is 20.6. The molecule has 1 N–H and O–H groups in total. The molecule has 2 aliphatic heterocycles. The number of aryl methyl sites for hydroxylation is 2. The second kappa shape index (κ2) is 11.0. The number of guanidine groups is 1. The Balaban J connectivity index is 1.60. The molecule has 0 aromatic heterocycles. The van der Waals surface area contributed by atoms with Crippen LogP contribution in [0, 0.1) is 13.8 Å². The number of nitrogens with zero attached hydrogens (tertiary/aromatic N) is 4. The second-order valence-corrected chi connectivity index (χ2v) is 8.40. The molecule has 0 saturated carbocycles. The Labute approximate surface area is 176 Å². The Morgan fingerprint density at radius 1 is 1.17 bits per heavy atom. The van der Waals surface area contributed by atoms with E-state index in [1.54, 1.807) is 0 Å². The summed E-state index contributed by atoms with van der Waals surface area (Å²) in [6.45, 7) is 16.4. The van der Waals surface area contributed by atoms with Crippen LogP contribution in [0.2, 0.25) is 0 Å². The van der Waals surface area contributed by atoms with Crippen LogP contribution in [-0.2, 0) is 4.74 Å². The van der Waals surface area contributed by atoms with Gasteiger partial charge in [-0.3, -0.25) is 4.99 Å². The third-order valence-electron chi connectivity index (χ3n) is 5.96. The minimum Gasteiger partial charge on any atom is -0.370 e. The van der Waals surface area contributed by atoms with E-state index in [9.17, 15) is 0 Å². The predicted molar refractivity (Wildman–Crippen MR) is 121 cm³/mol. The zero-order valence-corrected chi connectivity index (χ0v) is 18.8. The van der Waals surface area contributed by atoms with E-state index in [0.717, 1.165) is 58.4 Å². The summed E-state index contributed by atoms with van der Waals surface area (Å²) < 4.78 is 6.13. The van der Waals surface area contributed by atoms with Gasteiger partial charge in [-0.1, -0.05) is 23.8 Å². The van der Waals surface area contributed by atoms with Gasteiger partial charge in [0, 0.05) is 32.7 Å². The lowest BCUT2D eigenvalue weighted by Crippen LogP contribution is -2.48. The van der Waals surface area contributed by atoms with Crippen LogP contribution in [0.3, 0.4) is 0 Å². The van der Waals surface area contributed by atoms with Crippen LogP contribution in [0.4, 0.5) is 0 Å². The maximum Gasteiger partial charge on any atom is 0.194 e. The molecule has 1 aromatic carbocycles. The first kappa shape index (κ1) is 22.1. The van der Waals surface area contributed by atoms with Crippen molar-refractivity contribution in [3.05, 3.63) is 34.9 Å². The first-order valence-electron chi connectivity index (χ1n) is 11.2. The first-order valence-corrected chi connectivity index (χ1v) is 11.2. The van der Waals surface area contributed by atoms with Crippen molar-refractivity contribution in [3.63, 3.8) is 0 Å². The molecule has 2 saturated heterocycles. The van der Waals surface area contributed by atoms with Crippen LogP contribution < -0.4 is 5.32 Å². The molecule has 3 rings (SSSR count). The number of aliphatic imine (C=N–C) groups is 1. The molecule has 0 bridgehead atoms. The van der Waals surface area contributed by atoms with Crippen molar-refractivity contribution >= 4 is 5.96 Å². The molecule has 0 spiro atoms. The molecule has 2 heterocycles. The maximum atomic E-state index is 6.13. The van der Waals surface area contributed by atoms with Crippen molar-refractivity contribution in [1.82, 2.24) is 20.0 Å². The lowest BCUT2D eigenvalue weighted by molar-refractivity contribution is -0.00834. The van der Waals surface area contributed by atoms with Gasteiger partial charge < -0.3 is 24.8 Å². The van der Waals surface area contributed by atoms with Crippen LogP contribution in [0.15, 0.2) is 23.2 Å². The largest absolute Gasteiger partial charge is 0.370 e. The number of hydrogen-bond acceptors (Lipinski definition) is 4. The highest BCUT2D eigenvalue weighted by molar-refractivity contribution is 5.80. The average molecular weight is 402 g/mol. The third kappa shape index (κ3) is 6.43. The summed E-state index contributed by atoms with van der Waals surface area (Å²) >= 11 is 0. The molecule has 162 valence electrons. The number of ether oxygens (including phenoxy) is 1. The number of benzene rings is 1. The van der Waals surface area contributed by atoms with Gasteiger partial charge in [-0.25, -0.2) is 0 Å². The van der Waals surface area contributed by atoms with Gasteiger partial charge in [0.25, 0.3) is 0 Å². The summed E-state index contributed by atoms with van der Waals surface area (Å²) in [5.41, 5.74) is 3.91. The van der Waals surface area contributed by atoms with Crippen LogP contribution in [0.1, 0.15) is 36.1 Å². The summed E-state index contributed by atoms with van der Waals surface area (Å²) in [7, 11) is 2.22. The van der Waals surface area contributed by atoms with Gasteiger partial charge in [0.2, 0.25) is 0 Å². The highest BCUT2D eigenvalue weighted by Crippen LogP contribution is 2.25. The molecule has 6 nitrogen and oxygen atoms in total. The van der Waals surface area contributed by atoms with Crippen molar-refractivity contribution in [3.8, 4) is 0 Å². The maximum absolute atomic E-state index is 6.13. The predicted octanol–water partition coefficient (Wildman–Crippen LogP) is 2.28. The second-order valence-electron chi connectivity index (χ2n) is 8.40. The number of nitrogens with one attached hydrogen (secondary N) is 1. The molecule has 1 unspecified atom stereocenters. The topological polar surface area (TPSA) is 43.3 Å². The van der Waals surface area contributed by atoms with Crippen LogP contribution in [0.5, 0.6) is 0 Å². The van der Waals surface area contributed by atoms with Crippen LogP contribution in [0.25, 0.3) is 0 Å². The SMILES string of the molecule is CCNC(=NCCN1CCCN(C)CC1)N1CCOC(c2ccc(C)cc2C)C1.